The molecule has 4 fully saturated rings. The van der Waals surface area contributed by atoms with E-state index >= 15 is 0 Å². The molecule has 194 valence electrons. The molecule has 7 nitrogen and oxygen atoms in total. The van der Waals surface area contributed by atoms with Gasteiger partial charge in [-0.25, -0.2) is 9.59 Å². The molecule has 1 aliphatic heterocycles. The van der Waals surface area contributed by atoms with Gasteiger partial charge in [-0.15, -0.1) is 0 Å². The summed E-state index contributed by atoms with van der Waals surface area (Å²) >= 11 is 0. The zero-order valence-electron chi connectivity index (χ0n) is 21.5. The normalized spacial score (nSPS) is 29.0. The molecule has 1 heterocycles. The van der Waals surface area contributed by atoms with Gasteiger partial charge < -0.3 is 23.8 Å². The van der Waals surface area contributed by atoms with Crippen LogP contribution in [0.3, 0.4) is 0 Å². The Bertz CT molecular complexity index is 973. The average molecular weight is 496 g/mol. The van der Waals surface area contributed by atoms with Gasteiger partial charge in [-0.05, 0) is 80.9 Å². The zero-order chi connectivity index (χ0) is 25.3. The minimum atomic E-state index is -0.596. The molecule has 7 heteroatoms. The van der Waals surface area contributed by atoms with Crippen molar-refractivity contribution in [1.82, 2.24) is 4.90 Å². The van der Waals surface area contributed by atoms with E-state index in [-0.39, 0.29) is 5.60 Å². The SMILES string of the molecule is CCOc1ccc(C2C(C(=O)OC)=CN(CCOC34CC5CC(CC(C5)C3)C4)C=C2C(=O)OC)cc1. The molecule has 4 saturated carbocycles. The van der Waals surface area contributed by atoms with Crippen LogP contribution < -0.4 is 4.74 Å². The van der Waals surface area contributed by atoms with Crippen molar-refractivity contribution in [2.24, 2.45) is 17.8 Å². The summed E-state index contributed by atoms with van der Waals surface area (Å²) in [5.41, 5.74) is 1.58. The minimum Gasteiger partial charge on any atom is -0.494 e. The second-order valence-corrected chi connectivity index (χ2v) is 10.8. The number of hydrogen-bond donors (Lipinski definition) is 0. The molecule has 5 aliphatic rings. The van der Waals surface area contributed by atoms with E-state index in [1.165, 1.54) is 52.7 Å². The summed E-state index contributed by atoms with van der Waals surface area (Å²) in [5.74, 6) is 1.63. The molecule has 0 aromatic heterocycles. The van der Waals surface area contributed by atoms with Crippen LogP contribution in [0.5, 0.6) is 5.75 Å². The molecule has 0 saturated heterocycles. The molecule has 6 rings (SSSR count). The van der Waals surface area contributed by atoms with Crippen LogP contribution in [0, 0.1) is 17.8 Å². The Morgan fingerprint density at radius 1 is 0.889 bits per heavy atom. The highest BCUT2D eigenvalue weighted by Crippen LogP contribution is 2.57. The number of benzene rings is 1. The lowest BCUT2D eigenvalue weighted by Gasteiger charge is -2.56. The van der Waals surface area contributed by atoms with E-state index in [0.717, 1.165) is 29.1 Å². The van der Waals surface area contributed by atoms with Crippen LogP contribution in [-0.2, 0) is 23.8 Å². The zero-order valence-corrected chi connectivity index (χ0v) is 21.5. The maximum Gasteiger partial charge on any atom is 0.336 e. The first-order valence-corrected chi connectivity index (χ1v) is 13.2. The quantitative estimate of drug-likeness (QED) is 0.464. The summed E-state index contributed by atoms with van der Waals surface area (Å²) in [7, 11) is 2.71. The van der Waals surface area contributed by atoms with Gasteiger partial charge in [0.15, 0.2) is 0 Å². The van der Waals surface area contributed by atoms with E-state index < -0.39 is 17.9 Å². The summed E-state index contributed by atoms with van der Waals surface area (Å²) in [6.45, 7) is 3.56. The van der Waals surface area contributed by atoms with Crippen molar-refractivity contribution in [2.45, 2.75) is 57.0 Å². The largest absolute Gasteiger partial charge is 0.494 e. The first kappa shape index (κ1) is 24.9. The van der Waals surface area contributed by atoms with Crippen LogP contribution in [0.2, 0.25) is 0 Å². The molecule has 0 unspecified atom stereocenters. The van der Waals surface area contributed by atoms with Crippen LogP contribution in [-0.4, -0.2) is 56.4 Å². The van der Waals surface area contributed by atoms with E-state index in [0.29, 0.717) is 30.9 Å². The van der Waals surface area contributed by atoms with E-state index in [9.17, 15) is 9.59 Å². The third-order valence-electron chi connectivity index (χ3n) is 8.34. The van der Waals surface area contributed by atoms with Gasteiger partial charge in [0.25, 0.3) is 0 Å². The Labute approximate surface area is 213 Å². The molecular formula is C29H37NO6. The van der Waals surface area contributed by atoms with Crippen molar-refractivity contribution < 1.29 is 28.5 Å². The third kappa shape index (κ3) is 4.90. The molecule has 0 amide bonds. The van der Waals surface area contributed by atoms with Gasteiger partial charge >= 0.3 is 11.9 Å². The number of ether oxygens (including phenoxy) is 4. The van der Waals surface area contributed by atoms with Crippen LogP contribution in [0.4, 0.5) is 0 Å². The van der Waals surface area contributed by atoms with Gasteiger partial charge in [-0.1, -0.05) is 12.1 Å². The summed E-state index contributed by atoms with van der Waals surface area (Å²) in [6, 6.07) is 7.42. The number of rotatable bonds is 9. The van der Waals surface area contributed by atoms with Crippen molar-refractivity contribution in [3.63, 3.8) is 0 Å². The first-order valence-electron chi connectivity index (χ1n) is 13.2. The molecule has 1 aromatic rings. The summed E-state index contributed by atoms with van der Waals surface area (Å²) in [4.78, 5) is 27.6. The molecule has 0 spiro atoms. The third-order valence-corrected chi connectivity index (χ3v) is 8.34. The fourth-order valence-corrected chi connectivity index (χ4v) is 7.27. The molecular weight excluding hydrogens is 458 g/mol. The summed E-state index contributed by atoms with van der Waals surface area (Å²) < 4.78 is 22.4. The maximum absolute atomic E-state index is 12.9. The highest BCUT2D eigenvalue weighted by atomic mass is 16.5. The van der Waals surface area contributed by atoms with Gasteiger partial charge in [0, 0.05) is 18.9 Å². The van der Waals surface area contributed by atoms with Crippen molar-refractivity contribution in [1.29, 1.82) is 0 Å². The number of carbonyl (C=O) groups is 2. The number of carbonyl (C=O) groups excluding carboxylic acids is 2. The lowest BCUT2D eigenvalue weighted by molar-refractivity contribution is -0.162. The van der Waals surface area contributed by atoms with Gasteiger partial charge in [-0.2, -0.15) is 0 Å². The van der Waals surface area contributed by atoms with Gasteiger partial charge in [0.05, 0.1) is 50.1 Å². The average Bonchev–Trinajstić information content (AvgIpc) is 2.87. The summed E-state index contributed by atoms with van der Waals surface area (Å²) in [5, 5.41) is 0. The predicted octanol–water partition coefficient (Wildman–Crippen LogP) is 4.58. The smallest absolute Gasteiger partial charge is 0.336 e. The maximum atomic E-state index is 12.9. The van der Waals surface area contributed by atoms with Crippen molar-refractivity contribution in [2.75, 3.05) is 34.0 Å². The Kier molecular flexibility index (Phi) is 7.11. The second kappa shape index (κ2) is 10.3. The molecule has 1 aromatic carbocycles. The second-order valence-electron chi connectivity index (χ2n) is 10.8. The molecule has 0 radical (unpaired) electrons. The Hall–Kier alpha value is -2.80. The minimum absolute atomic E-state index is 0.0131. The fraction of sp³-hybridized carbons (Fsp3) is 0.586. The van der Waals surface area contributed by atoms with Crippen LogP contribution in [0.1, 0.15) is 56.9 Å². The molecule has 4 bridgehead atoms. The van der Waals surface area contributed by atoms with Crippen molar-refractivity contribution in [3.05, 3.63) is 53.4 Å². The fourth-order valence-electron chi connectivity index (χ4n) is 7.27. The molecule has 4 aliphatic carbocycles. The van der Waals surface area contributed by atoms with Crippen LogP contribution in [0.15, 0.2) is 47.8 Å². The van der Waals surface area contributed by atoms with E-state index in [1.807, 2.05) is 36.1 Å². The van der Waals surface area contributed by atoms with Gasteiger partial charge in [0.2, 0.25) is 0 Å². The number of nitrogens with zero attached hydrogens (tertiary/aromatic N) is 1. The summed E-state index contributed by atoms with van der Waals surface area (Å²) in [6.07, 6.45) is 11.2. The first-order chi connectivity index (χ1) is 17.4. The van der Waals surface area contributed by atoms with E-state index in [4.69, 9.17) is 18.9 Å². The monoisotopic (exact) mass is 495 g/mol. The predicted molar refractivity (Wildman–Crippen MR) is 134 cm³/mol. The Morgan fingerprint density at radius 3 is 1.89 bits per heavy atom. The van der Waals surface area contributed by atoms with E-state index in [1.54, 1.807) is 12.4 Å². The van der Waals surface area contributed by atoms with Crippen LogP contribution >= 0.6 is 0 Å². The van der Waals surface area contributed by atoms with Crippen molar-refractivity contribution >= 4 is 11.9 Å². The van der Waals surface area contributed by atoms with Gasteiger partial charge in [0.1, 0.15) is 5.75 Å². The van der Waals surface area contributed by atoms with E-state index in [2.05, 4.69) is 0 Å². The Morgan fingerprint density at radius 2 is 1.42 bits per heavy atom. The Balaban J connectivity index is 1.35. The number of methoxy groups -OCH3 is 2. The lowest BCUT2D eigenvalue weighted by atomic mass is 9.54. The lowest BCUT2D eigenvalue weighted by Crippen LogP contribution is -2.52. The van der Waals surface area contributed by atoms with Crippen molar-refractivity contribution in [3.8, 4) is 5.75 Å². The molecule has 0 N–H and O–H groups in total. The highest BCUT2D eigenvalue weighted by molar-refractivity contribution is 5.98. The standard InChI is InChI=1S/C29H37NO6/c1-4-35-23-7-5-22(6-8-23)26-24(27(31)33-2)17-30(18-25(26)28(32)34-3)9-10-36-29-14-19-11-20(15-29)13-21(12-19)16-29/h5-8,17-21,26H,4,9-16H2,1-3H3. The topological polar surface area (TPSA) is 74.3 Å². The van der Waals surface area contributed by atoms with Crippen LogP contribution in [0.25, 0.3) is 0 Å². The molecule has 0 atom stereocenters. The number of esters is 2. The molecule has 36 heavy (non-hydrogen) atoms. The number of hydrogen-bond acceptors (Lipinski definition) is 7. The highest BCUT2D eigenvalue weighted by Gasteiger charge is 2.51. The van der Waals surface area contributed by atoms with Gasteiger partial charge in [-0.3, -0.25) is 0 Å².